The Morgan fingerprint density at radius 2 is 1.56 bits per heavy atom. The summed E-state index contributed by atoms with van der Waals surface area (Å²) < 4.78 is 29.2. The number of halogens is 1. The molecule has 4 nitrogen and oxygen atoms in total. The summed E-state index contributed by atoms with van der Waals surface area (Å²) in [6, 6.07) is 15.0. The van der Waals surface area contributed by atoms with Crippen LogP contribution >= 0.6 is 22.6 Å². The fourth-order valence-corrected chi connectivity index (χ4v) is 5.33. The third-order valence-corrected chi connectivity index (χ3v) is 7.48. The number of nitrogens with one attached hydrogen (secondary N) is 1. The molecule has 2 aromatic rings. The summed E-state index contributed by atoms with van der Waals surface area (Å²) in [5, 5.41) is 0. The van der Waals surface area contributed by atoms with Crippen molar-refractivity contribution in [1.29, 1.82) is 0 Å². The number of rotatable bonds is 8. The molecule has 2 aromatic carbocycles. The van der Waals surface area contributed by atoms with Gasteiger partial charge in [0.15, 0.2) is 0 Å². The molecule has 1 N–H and O–H groups in total. The van der Waals surface area contributed by atoms with Crippen molar-refractivity contribution in [2.75, 3.05) is 6.54 Å². The molecule has 0 bridgehead atoms. The summed E-state index contributed by atoms with van der Waals surface area (Å²) in [7, 11) is -3.50. The summed E-state index contributed by atoms with van der Waals surface area (Å²) in [5.41, 5.74) is 2.16. The van der Waals surface area contributed by atoms with Crippen LogP contribution in [0.5, 0.6) is 0 Å². The van der Waals surface area contributed by atoms with Gasteiger partial charge in [0.25, 0.3) is 0 Å². The van der Waals surface area contributed by atoms with Crippen LogP contribution in [-0.2, 0) is 27.7 Å². The lowest BCUT2D eigenvalue weighted by Crippen LogP contribution is -2.37. The van der Waals surface area contributed by atoms with Gasteiger partial charge in [0.05, 0.1) is 4.90 Å². The van der Waals surface area contributed by atoms with Crippen molar-refractivity contribution in [3.63, 3.8) is 0 Å². The fraction of sp³-hybridized carbons (Fsp3) is 0.381. The quantitative estimate of drug-likeness (QED) is 0.441. The third kappa shape index (κ3) is 5.39. The van der Waals surface area contributed by atoms with Gasteiger partial charge in [0.1, 0.15) is 6.29 Å². The summed E-state index contributed by atoms with van der Waals surface area (Å²) in [4.78, 5) is 11.0. The molecule has 1 aliphatic carbocycles. The average Bonchev–Trinajstić information content (AvgIpc) is 3.11. The Balaban J connectivity index is 1.71. The number of hydrogen-bond donors (Lipinski definition) is 1. The van der Waals surface area contributed by atoms with E-state index in [-0.39, 0.29) is 5.41 Å². The van der Waals surface area contributed by atoms with E-state index < -0.39 is 10.0 Å². The summed E-state index contributed by atoms with van der Waals surface area (Å²) in [6.07, 6.45) is 6.51. The Hall–Kier alpha value is -1.25. The molecule has 0 aliphatic heterocycles. The highest BCUT2D eigenvalue weighted by molar-refractivity contribution is 14.1. The zero-order chi connectivity index (χ0) is 19.3. The van der Waals surface area contributed by atoms with Gasteiger partial charge in [-0.3, -0.25) is 0 Å². The maximum atomic E-state index is 12.7. The van der Waals surface area contributed by atoms with Crippen molar-refractivity contribution < 1.29 is 13.2 Å². The van der Waals surface area contributed by atoms with Crippen LogP contribution in [-0.4, -0.2) is 21.2 Å². The van der Waals surface area contributed by atoms with Crippen LogP contribution in [0, 0.1) is 8.99 Å². The largest absolute Gasteiger partial charge is 0.303 e. The Morgan fingerprint density at radius 1 is 0.963 bits per heavy atom. The monoisotopic (exact) mass is 497 g/mol. The van der Waals surface area contributed by atoms with Gasteiger partial charge in [0.2, 0.25) is 10.0 Å². The molecule has 1 fully saturated rings. The van der Waals surface area contributed by atoms with Gasteiger partial charge in [0, 0.05) is 16.5 Å². The van der Waals surface area contributed by atoms with E-state index in [2.05, 4.69) is 39.4 Å². The molecule has 27 heavy (non-hydrogen) atoms. The van der Waals surface area contributed by atoms with E-state index in [1.807, 2.05) is 12.1 Å². The lowest BCUT2D eigenvalue weighted by atomic mass is 9.80. The van der Waals surface area contributed by atoms with E-state index in [9.17, 15) is 13.2 Å². The second kappa shape index (κ2) is 8.84. The second-order valence-electron chi connectivity index (χ2n) is 7.35. The first-order valence-electron chi connectivity index (χ1n) is 9.19. The molecule has 0 aromatic heterocycles. The Bertz CT molecular complexity index is 871. The van der Waals surface area contributed by atoms with E-state index in [0.717, 1.165) is 47.5 Å². The molecular formula is C21H24INO3S. The highest BCUT2D eigenvalue weighted by Gasteiger charge is 2.35. The van der Waals surface area contributed by atoms with E-state index in [0.29, 0.717) is 17.9 Å². The molecule has 6 heteroatoms. The minimum Gasteiger partial charge on any atom is -0.303 e. The van der Waals surface area contributed by atoms with Gasteiger partial charge in [-0.15, -0.1) is 0 Å². The van der Waals surface area contributed by atoms with E-state index >= 15 is 0 Å². The van der Waals surface area contributed by atoms with Gasteiger partial charge in [-0.1, -0.05) is 37.1 Å². The number of carbonyl (C=O) groups excluding carboxylic acids is 1. The molecule has 0 saturated heterocycles. The molecule has 0 spiro atoms. The third-order valence-electron chi connectivity index (χ3n) is 5.35. The molecule has 0 amide bonds. The summed E-state index contributed by atoms with van der Waals surface area (Å²) in [6.45, 7) is 0.456. The smallest absolute Gasteiger partial charge is 0.240 e. The van der Waals surface area contributed by atoms with Gasteiger partial charge in [-0.05, 0) is 82.7 Å². The van der Waals surface area contributed by atoms with Crippen LogP contribution in [0.1, 0.15) is 36.8 Å². The normalized spacial score (nSPS) is 16.3. The van der Waals surface area contributed by atoms with Crippen molar-refractivity contribution in [3.05, 3.63) is 63.2 Å². The molecule has 1 saturated carbocycles. The molecule has 0 heterocycles. The van der Waals surface area contributed by atoms with Crippen molar-refractivity contribution in [3.8, 4) is 0 Å². The topological polar surface area (TPSA) is 63.2 Å². The first kappa shape index (κ1) is 20.5. The number of sulfonamides is 1. The maximum Gasteiger partial charge on any atom is 0.240 e. The van der Waals surface area contributed by atoms with Crippen molar-refractivity contribution >= 4 is 38.9 Å². The van der Waals surface area contributed by atoms with Crippen LogP contribution in [0.15, 0.2) is 53.4 Å². The standard InChI is InChI=1S/C21H24INO3S/c22-19-7-9-20(10-8-19)27(25,26)23-16-21(12-1-2-13-21)15-18-5-3-17(4-6-18)11-14-24/h3-10,14,23H,1-2,11-13,15-16H2. The van der Waals surface area contributed by atoms with E-state index in [1.54, 1.807) is 24.3 Å². The average molecular weight is 497 g/mol. The highest BCUT2D eigenvalue weighted by Crippen LogP contribution is 2.40. The maximum absolute atomic E-state index is 12.7. The SMILES string of the molecule is O=CCc1ccc(CC2(CNS(=O)(=O)c3ccc(I)cc3)CCCC2)cc1. The van der Waals surface area contributed by atoms with Gasteiger partial charge in [-0.25, -0.2) is 13.1 Å². The number of aldehydes is 1. The fourth-order valence-electron chi connectivity index (χ4n) is 3.81. The van der Waals surface area contributed by atoms with Crippen LogP contribution in [0.4, 0.5) is 0 Å². The predicted octanol–water partition coefficient (Wildman–Crippen LogP) is 4.11. The zero-order valence-electron chi connectivity index (χ0n) is 15.2. The van der Waals surface area contributed by atoms with Crippen molar-refractivity contribution in [2.24, 2.45) is 5.41 Å². The van der Waals surface area contributed by atoms with Crippen LogP contribution in [0.2, 0.25) is 0 Å². The van der Waals surface area contributed by atoms with Gasteiger partial charge < -0.3 is 4.79 Å². The minimum absolute atomic E-state index is 0.0392. The summed E-state index contributed by atoms with van der Waals surface area (Å²) in [5.74, 6) is 0. The minimum atomic E-state index is -3.50. The Morgan fingerprint density at radius 3 is 2.15 bits per heavy atom. The van der Waals surface area contributed by atoms with Crippen LogP contribution in [0.3, 0.4) is 0 Å². The van der Waals surface area contributed by atoms with Gasteiger partial charge >= 0.3 is 0 Å². The first-order valence-corrected chi connectivity index (χ1v) is 11.8. The highest BCUT2D eigenvalue weighted by atomic mass is 127. The van der Waals surface area contributed by atoms with E-state index in [1.165, 1.54) is 5.56 Å². The number of benzene rings is 2. The Labute approximate surface area is 175 Å². The van der Waals surface area contributed by atoms with Crippen LogP contribution < -0.4 is 4.72 Å². The lowest BCUT2D eigenvalue weighted by Gasteiger charge is -2.29. The van der Waals surface area contributed by atoms with Crippen LogP contribution in [0.25, 0.3) is 0 Å². The predicted molar refractivity (Wildman–Crippen MR) is 115 cm³/mol. The summed E-state index contributed by atoms with van der Waals surface area (Å²) >= 11 is 2.16. The van der Waals surface area contributed by atoms with Crippen molar-refractivity contribution in [1.82, 2.24) is 4.72 Å². The molecule has 144 valence electrons. The number of carbonyl (C=O) groups is 1. The molecule has 0 unspecified atom stereocenters. The zero-order valence-corrected chi connectivity index (χ0v) is 18.1. The lowest BCUT2D eigenvalue weighted by molar-refractivity contribution is -0.107. The molecule has 0 radical (unpaired) electrons. The second-order valence-corrected chi connectivity index (χ2v) is 10.4. The van der Waals surface area contributed by atoms with Gasteiger partial charge in [-0.2, -0.15) is 0 Å². The Kier molecular flexibility index (Phi) is 6.70. The number of hydrogen-bond acceptors (Lipinski definition) is 3. The van der Waals surface area contributed by atoms with Crippen molar-refractivity contribution in [2.45, 2.75) is 43.4 Å². The molecule has 3 rings (SSSR count). The molecule has 1 aliphatic rings. The molecule has 0 atom stereocenters. The first-order chi connectivity index (χ1) is 12.9. The van der Waals surface area contributed by atoms with E-state index in [4.69, 9.17) is 0 Å². The molecular weight excluding hydrogens is 473 g/mol.